The predicted molar refractivity (Wildman–Crippen MR) is 111 cm³/mol. The smallest absolute Gasteiger partial charge is 0.316 e. The standard InChI is InChI=1S/C22H28N4O3/c1-14-5-4-6-20(23-14)24-21-15(2)22(28)26(16(3)27)19-8-7-17(13-18(19)21)25-9-11-29-12-10-25/h4-8,13,15,21-22,28H,9-12H2,1-3H3,(H,23,24)/p+1. The van der Waals surface area contributed by atoms with Crippen molar-refractivity contribution in [3.05, 3.63) is 47.7 Å². The number of carbonyl (C=O) groups is 1. The highest BCUT2D eigenvalue weighted by atomic mass is 16.5. The van der Waals surface area contributed by atoms with E-state index >= 15 is 0 Å². The van der Waals surface area contributed by atoms with Crippen molar-refractivity contribution in [1.29, 1.82) is 0 Å². The number of aromatic nitrogens is 1. The van der Waals surface area contributed by atoms with E-state index in [2.05, 4.69) is 21.3 Å². The number of amides is 1. The zero-order chi connectivity index (χ0) is 20.5. The second-order valence-corrected chi connectivity index (χ2v) is 7.93. The summed E-state index contributed by atoms with van der Waals surface area (Å²) in [6.45, 7) is 8.58. The fourth-order valence-corrected chi connectivity index (χ4v) is 4.35. The Morgan fingerprint density at radius 1 is 1.28 bits per heavy atom. The van der Waals surface area contributed by atoms with E-state index in [4.69, 9.17) is 4.74 Å². The van der Waals surface area contributed by atoms with Gasteiger partial charge in [-0.05, 0) is 31.2 Å². The van der Waals surface area contributed by atoms with Gasteiger partial charge < -0.3 is 20.1 Å². The molecule has 2 aromatic rings. The molecule has 1 amide bonds. The van der Waals surface area contributed by atoms with Gasteiger partial charge in [-0.2, -0.15) is 0 Å². The second kappa shape index (κ2) is 8.10. The van der Waals surface area contributed by atoms with Crippen molar-refractivity contribution in [2.75, 3.05) is 36.5 Å². The number of benzene rings is 1. The lowest BCUT2D eigenvalue weighted by atomic mass is 9.86. The molecule has 7 heteroatoms. The van der Waals surface area contributed by atoms with Crippen molar-refractivity contribution >= 4 is 23.1 Å². The fourth-order valence-electron chi connectivity index (χ4n) is 4.35. The third-order valence-corrected chi connectivity index (χ3v) is 5.93. The van der Waals surface area contributed by atoms with Gasteiger partial charge in [0.15, 0.2) is 0 Å². The quantitative estimate of drug-likeness (QED) is 0.727. The lowest BCUT2D eigenvalue weighted by molar-refractivity contribution is -0.818. The van der Waals surface area contributed by atoms with Crippen LogP contribution in [0.1, 0.15) is 31.1 Å². The Kier molecular flexibility index (Phi) is 5.54. The molecule has 0 spiro atoms. The molecule has 29 heavy (non-hydrogen) atoms. The van der Waals surface area contributed by atoms with Crippen molar-refractivity contribution in [3.63, 3.8) is 0 Å². The minimum Gasteiger partial charge on any atom is -0.378 e. The van der Waals surface area contributed by atoms with Crippen LogP contribution in [0.4, 0.5) is 17.2 Å². The molecule has 1 aromatic carbocycles. The Bertz CT molecular complexity index is 897. The molecule has 4 atom stereocenters. The minimum atomic E-state index is -0.823. The molecule has 0 aliphatic carbocycles. The molecule has 3 N–H and O–H groups in total. The van der Waals surface area contributed by atoms with Crippen LogP contribution in [-0.4, -0.2) is 48.5 Å². The maximum atomic E-state index is 12.4. The summed E-state index contributed by atoms with van der Waals surface area (Å²) in [6, 6.07) is 11.9. The summed E-state index contributed by atoms with van der Waals surface area (Å²) in [5.74, 6) is 0.503. The average Bonchev–Trinajstić information content (AvgIpc) is 2.72. The molecule has 4 unspecified atom stereocenters. The summed E-state index contributed by atoms with van der Waals surface area (Å²) in [6.07, 6.45) is -0.823. The maximum absolute atomic E-state index is 12.4. The molecule has 3 heterocycles. The van der Waals surface area contributed by atoms with Gasteiger partial charge in [0.25, 0.3) is 0 Å². The highest BCUT2D eigenvalue weighted by Gasteiger charge is 2.44. The first-order valence-electron chi connectivity index (χ1n) is 10.2. The molecule has 7 nitrogen and oxygen atoms in total. The molecule has 0 saturated carbocycles. The lowest BCUT2D eigenvalue weighted by Crippen LogP contribution is -3.15. The fraction of sp³-hybridized carbons (Fsp3) is 0.455. The van der Waals surface area contributed by atoms with Gasteiger partial charge in [0.1, 0.15) is 11.5 Å². The van der Waals surface area contributed by atoms with Gasteiger partial charge >= 0.3 is 5.91 Å². The summed E-state index contributed by atoms with van der Waals surface area (Å²) >= 11 is 0. The van der Waals surface area contributed by atoms with Crippen molar-refractivity contribution in [1.82, 2.24) is 4.98 Å². The number of carbonyl (C=O) groups excluding carboxylic acids is 1. The maximum Gasteiger partial charge on any atom is 0.316 e. The van der Waals surface area contributed by atoms with Crippen LogP contribution in [0.5, 0.6) is 0 Å². The number of aliphatic hydroxyl groups is 1. The molecule has 0 radical (unpaired) electrons. The number of hydrogen-bond acceptors (Lipinski definition) is 6. The van der Waals surface area contributed by atoms with Gasteiger partial charge in [-0.15, -0.1) is 0 Å². The number of anilines is 2. The van der Waals surface area contributed by atoms with E-state index in [-0.39, 0.29) is 17.9 Å². The van der Waals surface area contributed by atoms with Crippen LogP contribution in [-0.2, 0) is 9.53 Å². The van der Waals surface area contributed by atoms with Crippen LogP contribution in [0.25, 0.3) is 0 Å². The van der Waals surface area contributed by atoms with Gasteiger partial charge in [0, 0.05) is 36.1 Å². The summed E-state index contributed by atoms with van der Waals surface area (Å²) in [5, 5.41) is 14.4. The lowest BCUT2D eigenvalue weighted by Gasteiger charge is -2.39. The summed E-state index contributed by atoms with van der Waals surface area (Å²) in [7, 11) is 0. The Hall–Kier alpha value is -2.48. The van der Waals surface area contributed by atoms with Crippen LogP contribution < -0.4 is 15.1 Å². The zero-order valence-corrected chi connectivity index (χ0v) is 17.2. The third kappa shape index (κ3) is 3.85. The molecule has 4 rings (SSSR count). The minimum absolute atomic E-state index is 0.0862. The number of pyridine rings is 1. The second-order valence-electron chi connectivity index (χ2n) is 7.93. The first kappa shape index (κ1) is 19.8. The van der Waals surface area contributed by atoms with Crippen LogP contribution in [0.3, 0.4) is 0 Å². The van der Waals surface area contributed by atoms with Crippen LogP contribution in [0.15, 0.2) is 36.4 Å². The summed E-state index contributed by atoms with van der Waals surface area (Å²) in [5.41, 5.74) is 3.89. The third-order valence-electron chi connectivity index (χ3n) is 5.93. The first-order valence-corrected chi connectivity index (χ1v) is 10.2. The molecule has 2 aliphatic rings. The van der Waals surface area contributed by atoms with Gasteiger partial charge in [-0.1, -0.05) is 13.0 Å². The number of nitrogens with one attached hydrogen (secondary N) is 2. The van der Waals surface area contributed by atoms with E-state index < -0.39 is 6.23 Å². The Balaban J connectivity index is 1.76. The molecule has 1 fully saturated rings. The Morgan fingerprint density at radius 3 is 2.72 bits per heavy atom. The number of aliphatic hydroxyl groups excluding tert-OH is 1. The van der Waals surface area contributed by atoms with Gasteiger partial charge in [0.05, 0.1) is 32.1 Å². The number of hydrogen-bond donors (Lipinski definition) is 3. The van der Waals surface area contributed by atoms with Crippen LogP contribution in [0, 0.1) is 12.8 Å². The highest BCUT2D eigenvalue weighted by molar-refractivity contribution is 5.69. The van der Waals surface area contributed by atoms with E-state index in [0.29, 0.717) is 18.1 Å². The number of nitrogens with zero attached hydrogens (tertiary/aromatic N) is 2. The number of aryl methyl sites for hydroxylation is 1. The monoisotopic (exact) mass is 397 g/mol. The number of fused-ring (bicyclic) bond motifs is 1. The molecule has 154 valence electrons. The van der Waals surface area contributed by atoms with E-state index in [1.165, 1.54) is 6.92 Å². The molecule has 1 aromatic heterocycles. The van der Waals surface area contributed by atoms with E-state index in [0.717, 1.165) is 41.5 Å². The molecular weight excluding hydrogens is 368 g/mol. The predicted octanol–water partition coefficient (Wildman–Crippen LogP) is 1.41. The molecular formula is C22H29N4O3+. The summed E-state index contributed by atoms with van der Waals surface area (Å²) < 4.78 is 5.48. The first-order chi connectivity index (χ1) is 14.0. The van der Waals surface area contributed by atoms with Gasteiger partial charge in [-0.3, -0.25) is 0 Å². The van der Waals surface area contributed by atoms with Crippen molar-refractivity contribution in [2.24, 2.45) is 5.92 Å². The Labute approximate surface area is 171 Å². The number of rotatable bonds is 3. The normalized spacial score (nSPS) is 26.7. The zero-order valence-electron chi connectivity index (χ0n) is 17.2. The largest absolute Gasteiger partial charge is 0.378 e. The van der Waals surface area contributed by atoms with E-state index in [9.17, 15) is 9.90 Å². The van der Waals surface area contributed by atoms with Crippen molar-refractivity contribution in [3.8, 4) is 0 Å². The molecule has 1 saturated heterocycles. The Morgan fingerprint density at radius 2 is 2.03 bits per heavy atom. The highest BCUT2D eigenvalue weighted by Crippen LogP contribution is 2.37. The topological polar surface area (TPSA) is 79.1 Å². The van der Waals surface area contributed by atoms with Crippen LogP contribution in [0.2, 0.25) is 0 Å². The summed E-state index contributed by atoms with van der Waals surface area (Å²) in [4.78, 5) is 19.7. The number of quaternary nitrogens is 1. The molecule has 0 bridgehead atoms. The number of ether oxygens (including phenoxy) is 1. The van der Waals surface area contributed by atoms with Crippen molar-refractivity contribution < 1.29 is 19.5 Å². The van der Waals surface area contributed by atoms with E-state index in [1.54, 1.807) is 0 Å². The van der Waals surface area contributed by atoms with Gasteiger partial charge in [0.2, 0.25) is 6.23 Å². The van der Waals surface area contributed by atoms with E-state index in [1.807, 2.05) is 44.2 Å². The van der Waals surface area contributed by atoms with Crippen molar-refractivity contribution in [2.45, 2.75) is 33.0 Å². The average molecular weight is 397 g/mol. The SMILES string of the molecule is CC(=O)[NH+]1c2ccc(N3CCOCC3)cc2C(Nc2cccc(C)n2)C(C)C1O. The molecule has 2 aliphatic heterocycles. The number of morpholine rings is 1. The van der Waals surface area contributed by atoms with Crippen LogP contribution >= 0.6 is 0 Å². The van der Waals surface area contributed by atoms with Gasteiger partial charge in [-0.25, -0.2) is 14.7 Å².